The third-order valence-corrected chi connectivity index (χ3v) is 3.24. The van der Waals surface area contributed by atoms with E-state index in [1.54, 1.807) is 0 Å². The van der Waals surface area contributed by atoms with E-state index in [1.165, 1.54) is 12.8 Å². The van der Waals surface area contributed by atoms with E-state index >= 15 is 0 Å². The topological polar surface area (TPSA) is 55.1 Å². The first-order chi connectivity index (χ1) is 8.19. The molecule has 1 fully saturated rings. The van der Waals surface area contributed by atoms with Crippen molar-refractivity contribution < 1.29 is 4.79 Å². The van der Waals surface area contributed by atoms with Gasteiger partial charge in [0.15, 0.2) is 0 Å². The van der Waals surface area contributed by atoms with Crippen LogP contribution >= 0.6 is 0 Å². The van der Waals surface area contributed by atoms with Gasteiger partial charge in [-0.2, -0.15) is 0 Å². The molecule has 2 rings (SSSR count). The summed E-state index contributed by atoms with van der Waals surface area (Å²) in [5.74, 6) is 0.802. The van der Waals surface area contributed by atoms with Crippen LogP contribution in [0.5, 0.6) is 0 Å². The highest BCUT2D eigenvalue weighted by Gasteiger charge is 2.24. The molecular formula is C14H20N2O. The molecule has 1 aliphatic rings. The first-order valence-corrected chi connectivity index (χ1v) is 6.27. The average Bonchev–Trinajstić information content (AvgIpc) is 3.12. The number of nitrogens with two attached hydrogens (primary N) is 1. The molecule has 3 nitrogen and oxygen atoms in total. The van der Waals surface area contributed by atoms with Gasteiger partial charge >= 0.3 is 0 Å². The van der Waals surface area contributed by atoms with Crippen molar-refractivity contribution in [3.63, 3.8) is 0 Å². The fraction of sp³-hybridized carbons (Fsp3) is 0.500. The van der Waals surface area contributed by atoms with Gasteiger partial charge < -0.3 is 11.1 Å². The van der Waals surface area contributed by atoms with E-state index in [4.69, 9.17) is 5.73 Å². The number of hydrogen-bond acceptors (Lipinski definition) is 2. The molecule has 1 unspecified atom stereocenters. The molecule has 0 bridgehead atoms. The van der Waals surface area contributed by atoms with Crippen LogP contribution in [0.4, 0.5) is 0 Å². The third kappa shape index (κ3) is 3.56. The van der Waals surface area contributed by atoms with Gasteiger partial charge in [0.25, 0.3) is 0 Å². The van der Waals surface area contributed by atoms with Crippen LogP contribution in [-0.2, 0) is 11.3 Å². The molecule has 0 aromatic heterocycles. The summed E-state index contributed by atoms with van der Waals surface area (Å²) < 4.78 is 0. The van der Waals surface area contributed by atoms with E-state index in [9.17, 15) is 4.79 Å². The van der Waals surface area contributed by atoms with E-state index in [0.717, 1.165) is 11.1 Å². The minimum absolute atomic E-state index is 0.0627. The summed E-state index contributed by atoms with van der Waals surface area (Å²) in [6.07, 6.45) is 3.11. The molecule has 1 aromatic rings. The molecule has 1 atom stereocenters. The monoisotopic (exact) mass is 232 g/mol. The van der Waals surface area contributed by atoms with E-state index in [-0.39, 0.29) is 11.9 Å². The maximum atomic E-state index is 11.7. The molecule has 3 heteroatoms. The van der Waals surface area contributed by atoms with E-state index in [1.807, 2.05) is 25.1 Å². The number of nitrogens with one attached hydrogen (secondary N) is 1. The molecule has 0 aliphatic heterocycles. The molecule has 1 amide bonds. The van der Waals surface area contributed by atoms with Crippen LogP contribution in [0.25, 0.3) is 0 Å². The molecule has 17 heavy (non-hydrogen) atoms. The molecule has 3 N–H and O–H groups in total. The first-order valence-electron chi connectivity index (χ1n) is 6.27. The summed E-state index contributed by atoms with van der Waals surface area (Å²) in [4.78, 5) is 11.7. The number of carbonyl (C=O) groups is 1. The quantitative estimate of drug-likeness (QED) is 0.817. The van der Waals surface area contributed by atoms with Gasteiger partial charge in [-0.3, -0.25) is 4.79 Å². The zero-order valence-electron chi connectivity index (χ0n) is 10.3. The second-order valence-corrected chi connectivity index (χ2v) is 4.89. The standard InChI is InChI=1S/C14H20N2O/c1-10(16-14(17)8-11-5-6-11)13-4-2-3-12(7-13)9-15/h2-4,7,10-11H,5-6,8-9,15H2,1H3,(H,16,17). The summed E-state index contributed by atoms with van der Waals surface area (Å²) in [7, 11) is 0. The van der Waals surface area contributed by atoms with Crippen molar-refractivity contribution in [3.05, 3.63) is 35.4 Å². The minimum Gasteiger partial charge on any atom is -0.350 e. The summed E-state index contributed by atoms with van der Waals surface area (Å²) in [5.41, 5.74) is 7.83. The van der Waals surface area contributed by atoms with Gasteiger partial charge in [-0.15, -0.1) is 0 Å². The van der Waals surface area contributed by atoms with Crippen molar-refractivity contribution in [2.24, 2.45) is 11.7 Å². The van der Waals surface area contributed by atoms with Gasteiger partial charge in [0.1, 0.15) is 0 Å². The normalized spacial score (nSPS) is 16.6. The Labute approximate surface area is 102 Å². The van der Waals surface area contributed by atoms with Gasteiger partial charge in [0.05, 0.1) is 6.04 Å². The number of rotatable bonds is 5. The summed E-state index contributed by atoms with van der Waals surface area (Å²) >= 11 is 0. The molecule has 0 heterocycles. The third-order valence-electron chi connectivity index (χ3n) is 3.24. The fourth-order valence-electron chi connectivity index (χ4n) is 1.96. The summed E-state index contributed by atoms with van der Waals surface area (Å²) in [6.45, 7) is 2.55. The summed E-state index contributed by atoms with van der Waals surface area (Å²) in [5, 5.41) is 3.04. The Morgan fingerprint density at radius 3 is 2.94 bits per heavy atom. The second-order valence-electron chi connectivity index (χ2n) is 4.89. The van der Waals surface area contributed by atoms with Crippen LogP contribution in [0.2, 0.25) is 0 Å². The minimum atomic E-state index is 0.0627. The molecule has 0 radical (unpaired) electrons. The Bertz CT molecular complexity index is 399. The Balaban J connectivity index is 1.92. The van der Waals surface area contributed by atoms with Gasteiger partial charge in [-0.1, -0.05) is 24.3 Å². The van der Waals surface area contributed by atoms with Gasteiger partial charge in [0.2, 0.25) is 5.91 Å². The highest BCUT2D eigenvalue weighted by molar-refractivity contribution is 5.76. The van der Waals surface area contributed by atoms with Crippen molar-refractivity contribution in [1.29, 1.82) is 0 Å². The maximum absolute atomic E-state index is 11.7. The maximum Gasteiger partial charge on any atom is 0.220 e. The Morgan fingerprint density at radius 1 is 1.53 bits per heavy atom. The smallest absolute Gasteiger partial charge is 0.220 e. The number of benzene rings is 1. The van der Waals surface area contributed by atoms with Crippen LogP contribution in [0.15, 0.2) is 24.3 Å². The fourth-order valence-corrected chi connectivity index (χ4v) is 1.96. The second kappa shape index (κ2) is 5.32. The van der Waals surface area contributed by atoms with Crippen molar-refractivity contribution >= 4 is 5.91 Å². The van der Waals surface area contributed by atoms with Crippen LogP contribution in [0, 0.1) is 5.92 Å². The highest BCUT2D eigenvalue weighted by Crippen LogP contribution is 2.32. The zero-order valence-corrected chi connectivity index (χ0v) is 10.3. The van der Waals surface area contributed by atoms with E-state index < -0.39 is 0 Å². The zero-order chi connectivity index (χ0) is 12.3. The number of hydrogen-bond donors (Lipinski definition) is 2. The van der Waals surface area contributed by atoms with Crippen LogP contribution in [0.3, 0.4) is 0 Å². The van der Waals surface area contributed by atoms with Gasteiger partial charge in [0, 0.05) is 13.0 Å². The average molecular weight is 232 g/mol. The van der Waals surface area contributed by atoms with Crippen molar-refractivity contribution in [3.8, 4) is 0 Å². The SMILES string of the molecule is CC(NC(=O)CC1CC1)c1cccc(CN)c1. The lowest BCUT2D eigenvalue weighted by Gasteiger charge is -2.15. The van der Waals surface area contributed by atoms with Crippen LogP contribution in [-0.4, -0.2) is 5.91 Å². The lowest BCUT2D eigenvalue weighted by Crippen LogP contribution is -2.26. The van der Waals surface area contributed by atoms with Gasteiger partial charge in [-0.05, 0) is 36.8 Å². The number of carbonyl (C=O) groups excluding carboxylic acids is 1. The predicted octanol–water partition coefficient (Wildman–Crippen LogP) is 2.12. The molecule has 92 valence electrons. The van der Waals surface area contributed by atoms with Crippen molar-refractivity contribution in [2.75, 3.05) is 0 Å². The van der Waals surface area contributed by atoms with Crippen molar-refractivity contribution in [1.82, 2.24) is 5.32 Å². The largest absolute Gasteiger partial charge is 0.350 e. The van der Waals surface area contributed by atoms with Crippen molar-refractivity contribution in [2.45, 2.75) is 38.8 Å². The van der Waals surface area contributed by atoms with E-state index in [2.05, 4.69) is 11.4 Å². The van der Waals surface area contributed by atoms with Crippen LogP contribution < -0.4 is 11.1 Å². The Hall–Kier alpha value is -1.35. The molecule has 1 aliphatic carbocycles. The number of amides is 1. The lowest BCUT2D eigenvalue weighted by atomic mass is 10.0. The highest BCUT2D eigenvalue weighted by atomic mass is 16.1. The van der Waals surface area contributed by atoms with Gasteiger partial charge in [-0.25, -0.2) is 0 Å². The predicted molar refractivity (Wildman–Crippen MR) is 68.2 cm³/mol. The molecule has 0 saturated heterocycles. The molecule has 1 saturated carbocycles. The molecule has 0 spiro atoms. The summed E-state index contributed by atoms with van der Waals surface area (Å²) in [6, 6.07) is 8.14. The molecular weight excluding hydrogens is 212 g/mol. The lowest BCUT2D eigenvalue weighted by molar-refractivity contribution is -0.122. The van der Waals surface area contributed by atoms with E-state index in [0.29, 0.717) is 18.9 Å². The molecule has 1 aromatic carbocycles. The first kappa shape index (κ1) is 12.1. The Morgan fingerprint density at radius 2 is 2.29 bits per heavy atom. The Kier molecular flexibility index (Phi) is 3.79. The van der Waals surface area contributed by atoms with Crippen LogP contribution in [0.1, 0.15) is 43.4 Å².